The second-order valence-corrected chi connectivity index (χ2v) is 5.03. The Morgan fingerprint density at radius 3 is 2.38 bits per heavy atom. The maximum atomic E-state index is 12.1. The van der Waals surface area contributed by atoms with Crippen molar-refractivity contribution in [3.63, 3.8) is 0 Å². The third-order valence-electron chi connectivity index (χ3n) is 3.88. The van der Waals surface area contributed by atoms with Gasteiger partial charge < -0.3 is 9.64 Å². The molecule has 0 aromatic heterocycles. The molecule has 0 N–H and O–H groups in total. The topological polar surface area (TPSA) is 29.5 Å². The van der Waals surface area contributed by atoms with Crippen molar-refractivity contribution >= 4 is 5.91 Å². The van der Waals surface area contributed by atoms with Crippen LogP contribution < -0.4 is 0 Å². The molecule has 1 unspecified atom stereocenters. The maximum Gasteiger partial charge on any atom is 0.251 e. The minimum Gasteiger partial charge on any atom is -0.368 e. The van der Waals surface area contributed by atoms with Crippen LogP contribution in [-0.4, -0.2) is 36.6 Å². The van der Waals surface area contributed by atoms with Crippen molar-refractivity contribution < 1.29 is 9.53 Å². The van der Waals surface area contributed by atoms with E-state index in [0.717, 1.165) is 45.4 Å². The number of ether oxygens (including phenoxy) is 1. The third kappa shape index (κ3) is 2.01. The highest BCUT2D eigenvalue weighted by Gasteiger charge is 2.30. The Morgan fingerprint density at radius 2 is 1.81 bits per heavy atom. The number of allylic oxidation sites excluding steroid dienone is 1. The zero-order valence-corrected chi connectivity index (χ0v) is 9.71. The summed E-state index contributed by atoms with van der Waals surface area (Å²) in [5, 5.41) is 0. The Labute approximate surface area is 96.4 Å². The lowest BCUT2D eigenvalue weighted by Gasteiger charge is -2.30. The number of hydrogen-bond acceptors (Lipinski definition) is 2. The molecule has 1 aliphatic carbocycles. The molecule has 3 heteroatoms. The second kappa shape index (κ2) is 4.21. The van der Waals surface area contributed by atoms with Crippen LogP contribution in [0.2, 0.25) is 0 Å². The van der Waals surface area contributed by atoms with E-state index in [4.69, 9.17) is 4.74 Å². The first-order valence-corrected chi connectivity index (χ1v) is 6.45. The standard InChI is InChI=1S/C13H19NO2/c15-13(12-2-1-9-16-12)14-7-5-11(6-8-14)10-3-4-10/h12H,1-9H2. The normalized spacial score (nSPS) is 29.8. The first-order chi connectivity index (χ1) is 7.84. The summed E-state index contributed by atoms with van der Waals surface area (Å²) >= 11 is 0. The minimum atomic E-state index is -0.130. The number of hydrogen-bond donors (Lipinski definition) is 0. The Bertz CT molecular complexity index is 313. The van der Waals surface area contributed by atoms with Crippen molar-refractivity contribution in [3.05, 3.63) is 11.1 Å². The second-order valence-electron chi connectivity index (χ2n) is 5.03. The van der Waals surface area contributed by atoms with Gasteiger partial charge in [0, 0.05) is 19.7 Å². The van der Waals surface area contributed by atoms with Crippen molar-refractivity contribution in [2.75, 3.05) is 19.7 Å². The number of nitrogens with zero attached hydrogens (tertiary/aromatic N) is 1. The zero-order chi connectivity index (χ0) is 11.0. The predicted molar refractivity (Wildman–Crippen MR) is 61.0 cm³/mol. The molecule has 0 bridgehead atoms. The van der Waals surface area contributed by atoms with Gasteiger partial charge in [-0.15, -0.1) is 0 Å². The van der Waals surface area contributed by atoms with Crippen LogP contribution in [0.1, 0.15) is 38.5 Å². The number of carbonyl (C=O) groups excluding carboxylic acids is 1. The van der Waals surface area contributed by atoms with Crippen molar-refractivity contribution in [1.29, 1.82) is 0 Å². The molecule has 2 heterocycles. The summed E-state index contributed by atoms with van der Waals surface area (Å²) in [5.41, 5.74) is 3.31. The molecule has 3 nitrogen and oxygen atoms in total. The van der Waals surface area contributed by atoms with Gasteiger partial charge in [0.2, 0.25) is 0 Å². The Hall–Kier alpha value is -0.830. The molecular formula is C13H19NO2. The van der Waals surface area contributed by atoms with Crippen molar-refractivity contribution in [2.45, 2.75) is 44.6 Å². The average Bonchev–Trinajstić information content (AvgIpc) is 3.04. The molecule has 1 atom stereocenters. The first-order valence-electron chi connectivity index (χ1n) is 6.45. The lowest BCUT2D eigenvalue weighted by Crippen LogP contribution is -2.42. The van der Waals surface area contributed by atoms with E-state index in [1.54, 1.807) is 11.1 Å². The van der Waals surface area contributed by atoms with Gasteiger partial charge in [0.1, 0.15) is 6.10 Å². The largest absolute Gasteiger partial charge is 0.368 e. The van der Waals surface area contributed by atoms with Crippen LogP contribution in [0.15, 0.2) is 11.1 Å². The van der Waals surface area contributed by atoms with Crippen LogP contribution in [0.3, 0.4) is 0 Å². The van der Waals surface area contributed by atoms with Gasteiger partial charge in [0.25, 0.3) is 5.91 Å². The Balaban J connectivity index is 1.56. The van der Waals surface area contributed by atoms with Crippen molar-refractivity contribution in [1.82, 2.24) is 4.90 Å². The fourth-order valence-corrected chi connectivity index (χ4v) is 2.74. The molecule has 0 aromatic rings. The van der Waals surface area contributed by atoms with E-state index >= 15 is 0 Å². The van der Waals surface area contributed by atoms with Crippen LogP contribution in [0.5, 0.6) is 0 Å². The molecule has 3 aliphatic rings. The summed E-state index contributed by atoms with van der Waals surface area (Å²) in [6.45, 7) is 2.59. The van der Waals surface area contributed by atoms with Gasteiger partial charge in [-0.1, -0.05) is 11.1 Å². The molecule has 1 amide bonds. The molecule has 0 radical (unpaired) electrons. The van der Waals surface area contributed by atoms with Crippen LogP contribution in [0.4, 0.5) is 0 Å². The molecule has 1 saturated carbocycles. The van der Waals surface area contributed by atoms with E-state index in [1.165, 1.54) is 12.8 Å². The maximum absolute atomic E-state index is 12.1. The molecular weight excluding hydrogens is 202 g/mol. The number of amides is 1. The van der Waals surface area contributed by atoms with Gasteiger partial charge >= 0.3 is 0 Å². The summed E-state index contributed by atoms with van der Waals surface area (Å²) in [7, 11) is 0. The number of carbonyl (C=O) groups is 1. The monoisotopic (exact) mass is 221 g/mol. The summed E-state index contributed by atoms with van der Waals surface area (Å²) in [4.78, 5) is 14.1. The lowest BCUT2D eigenvalue weighted by molar-refractivity contribution is -0.141. The smallest absolute Gasteiger partial charge is 0.251 e. The molecule has 0 spiro atoms. The highest BCUT2D eigenvalue weighted by Crippen LogP contribution is 2.36. The van der Waals surface area contributed by atoms with Crippen molar-refractivity contribution in [3.8, 4) is 0 Å². The molecule has 2 aliphatic heterocycles. The quantitative estimate of drug-likeness (QED) is 0.633. The summed E-state index contributed by atoms with van der Waals surface area (Å²) < 4.78 is 5.45. The Kier molecular flexibility index (Phi) is 2.72. The number of rotatable bonds is 1. The SMILES string of the molecule is O=C(C1CCCO1)N1CCC(=C2CC2)CC1. The van der Waals surface area contributed by atoms with Gasteiger partial charge in [-0.25, -0.2) is 0 Å². The lowest BCUT2D eigenvalue weighted by atomic mass is 10.0. The number of piperidine rings is 1. The molecule has 0 aromatic carbocycles. The highest BCUT2D eigenvalue weighted by molar-refractivity contribution is 5.81. The molecule has 3 rings (SSSR count). The predicted octanol–water partition coefficient (Wildman–Crippen LogP) is 1.88. The van der Waals surface area contributed by atoms with Gasteiger partial charge in [-0.3, -0.25) is 4.79 Å². The molecule has 2 saturated heterocycles. The summed E-state index contributed by atoms with van der Waals surface area (Å²) in [6, 6.07) is 0. The fourth-order valence-electron chi connectivity index (χ4n) is 2.74. The highest BCUT2D eigenvalue weighted by atomic mass is 16.5. The minimum absolute atomic E-state index is 0.130. The molecule has 3 fully saturated rings. The van der Waals surface area contributed by atoms with Crippen LogP contribution in [-0.2, 0) is 9.53 Å². The summed E-state index contributed by atoms with van der Waals surface area (Å²) in [5.74, 6) is 0.234. The molecule has 16 heavy (non-hydrogen) atoms. The van der Waals surface area contributed by atoms with E-state index in [2.05, 4.69) is 0 Å². The number of likely N-dealkylation sites (tertiary alicyclic amines) is 1. The van der Waals surface area contributed by atoms with E-state index in [9.17, 15) is 4.79 Å². The van der Waals surface area contributed by atoms with E-state index in [0.29, 0.717) is 0 Å². The van der Waals surface area contributed by atoms with Gasteiger partial charge in [-0.05, 0) is 38.5 Å². The van der Waals surface area contributed by atoms with Gasteiger partial charge in [0.05, 0.1) is 0 Å². The fraction of sp³-hybridized carbons (Fsp3) is 0.769. The summed E-state index contributed by atoms with van der Waals surface area (Å²) in [6.07, 6.45) is 6.67. The van der Waals surface area contributed by atoms with Crippen LogP contribution in [0.25, 0.3) is 0 Å². The first kappa shape index (κ1) is 10.3. The Morgan fingerprint density at radius 1 is 1.12 bits per heavy atom. The third-order valence-corrected chi connectivity index (χ3v) is 3.88. The van der Waals surface area contributed by atoms with Crippen LogP contribution >= 0.6 is 0 Å². The average molecular weight is 221 g/mol. The van der Waals surface area contributed by atoms with Gasteiger partial charge in [0.15, 0.2) is 0 Å². The van der Waals surface area contributed by atoms with Crippen LogP contribution in [0, 0.1) is 0 Å². The van der Waals surface area contributed by atoms with E-state index in [-0.39, 0.29) is 12.0 Å². The molecule has 88 valence electrons. The van der Waals surface area contributed by atoms with Gasteiger partial charge in [-0.2, -0.15) is 0 Å². The van der Waals surface area contributed by atoms with E-state index < -0.39 is 0 Å². The van der Waals surface area contributed by atoms with E-state index in [1.807, 2.05) is 4.90 Å². The zero-order valence-electron chi connectivity index (χ0n) is 9.71. The van der Waals surface area contributed by atoms with Crippen molar-refractivity contribution in [2.24, 2.45) is 0 Å².